The lowest BCUT2D eigenvalue weighted by Gasteiger charge is -1.99. The standard InChI is InChI=1S/C8H9ClO/c1-10-6-7-2-4-8(9)5-3-7/h2-5,10H,1,6H2. The fraction of sp³-hybridized carbons (Fsp3) is 0.125. The summed E-state index contributed by atoms with van der Waals surface area (Å²) in [4.78, 5) is 0. The maximum atomic E-state index is 5.67. The van der Waals surface area contributed by atoms with E-state index >= 15 is 0 Å². The van der Waals surface area contributed by atoms with Crippen LogP contribution in [-0.2, 0) is 6.61 Å². The molecule has 0 fully saturated rings. The summed E-state index contributed by atoms with van der Waals surface area (Å²) in [7, 11) is 3.40. The van der Waals surface area contributed by atoms with Crippen LogP contribution in [0.1, 0.15) is 5.56 Å². The van der Waals surface area contributed by atoms with Gasteiger partial charge in [-0.3, -0.25) is 0 Å². The normalized spacial score (nSPS) is 9.80. The number of hydrogen-bond acceptors (Lipinski definition) is 0. The van der Waals surface area contributed by atoms with Crippen LogP contribution in [0.2, 0.25) is 5.02 Å². The molecule has 2 heteroatoms. The smallest absolute Gasteiger partial charge is 0.145 e. The highest BCUT2D eigenvalue weighted by Crippen LogP contribution is 2.09. The van der Waals surface area contributed by atoms with Gasteiger partial charge in [0, 0.05) is 10.6 Å². The maximum Gasteiger partial charge on any atom is 0.145 e. The largest absolute Gasteiger partial charge is 0.578 e. The Labute approximate surface area is 65.6 Å². The summed E-state index contributed by atoms with van der Waals surface area (Å²) in [6.45, 7) is 0.664. The summed E-state index contributed by atoms with van der Waals surface area (Å²) in [5, 5.41) is 0.757. The Bertz CT molecular complexity index is 193. The second-order valence-electron chi connectivity index (χ2n) is 2.01. The molecular formula is C8H9ClO. The second kappa shape index (κ2) is 3.59. The molecule has 1 aromatic carbocycles. The van der Waals surface area contributed by atoms with E-state index in [0.29, 0.717) is 6.61 Å². The van der Waals surface area contributed by atoms with E-state index in [1.165, 1.54) is 0 Å². The number of hydrogen-bond donors (Lipinski definition) is 0. The van der Waals surface area contributed by atoms with Crippen molar-refractivity contribution in [1.29, 1.82) is 0 Å². The van der Waals surface area contributed by atoms with E-state index in [1.807, 2.05) is 24.3 Å². The summed E-state index contributed by atoms with van der Waals surface area (Å²) >= 11 is 5.67. The summed E-state index contributed by atoms with van der Waals surface area (Å²) in [5.41, 5.74) is 1.14. The van der Waals surface area contributed by atoms with Gasteiger partial charge in [0.15, 0.2) is 0 Å². The zero-order chi connectivity index (χ0) is 7.40. The minimum Gasteiger partial charge on any atom is -0.578 e. The van der Waals surface area contributed by atoms with Crippen molar-refractivity contribution in [1.82, 2.24) is 0 Å². The molecule has 0 saturated heterocycles. The molecule has 0 aliphatic rings. The lowest BCUT2D eigenvalue weighted by molar-refractivity contribution is 0.0401. The first-order chi connectivity index (χ1) is 4.83. The Morgan fingerprint density at radius 3 is 2.40 bits per heavy atom. The predicted molar refractivity (Wildman–Crippen MR) is 42.7 cm³/mol. The Morgan fingerprint density at radius 1 is 1.30 bits per heavy atom. The van der Waals surface area contributed by atoms with Crippen LogP contribution in [0.15, 0.2) is 24.3 Å². The molecule has 0 aliphatic heterocycles. The van der Waals surface area contributed by atoms with Crippen molar-refractivity contribution in [3.8, 4) is 0 Å². The van der Waals surface area contributed by atoms with Crippen molar-refractivity contribution in [2.24, 2.45) is 0 Å². The van der Waals surface area contributed by atoms with Gasteiger partial charge in [-0.15, -0.1) is 0 Å². The monoisotopic (exact) mass is 156 g/mol. The Balaban J connectivity index is 2.69. The minimum atomic E-state index is 0.664. The fourth-order valence-electron chi connectivity index (χ4n) is 0.719. The molecule has 1 nitrogen and oxygen atoms in total. The second-order valence-corrected chi connectivity index (χ2v) is 2.44. The molecule has 10 heavy (non-hydrogen) atoms. The van der Waals surface area contributed by atoms with Gasteiger partial charge in [-0.05, 0) is 12.1 Å². The van der Waals surface area contributed by atoms with E-state index < -0.39 is 0 Å². The average Bonchev–Trinajstić information content (AvgIpc) is 1.95. The first kappa shape index (κ1) is 7.58. The zero-order valence-corrected chi connectivity index (χ0v) is 6.30. The van der Waals surface area contributed by atoms with Crippen LogP contribution in [-0.4, -0.2) is 4.74 Å². The van der Waals surface area contributed by atoms with Gasteiger partial charge in [-0.25, -0.2) is 0 Å². The molecule has 0 spiro atoms. The fourth-order valence-corrected chi connectivity index (χ4v) is 0.845. The third-order valence-electron chi connectivity index (χ3n) is 1.21. The zero-order valence-electron chi connectivity index (χ0n) is 5.55. The highest BCUT2D eigenvalue weighted by molar-refractivity contribution is 6.30. The number of benzene rings is 1. The van der Waals surface area contributed by atoms with E-state index in [9.17, 15) is 0 Å². The van der Waals surface area contributed by atoms with Crippen LogP contribution in [0.3, 0.4) is 0 Å². The van der Waals surface area contributed by atoms with E-state index in [4.69, 9.17) is 11.6 Å². The van der Waals surface area contributed by atoms with Gasteiger partial charge in [0.1, 0.15) is 6.61 Å². The number of aliphatic hydroxyl groups is 2. The van der Waals surface area contributed by atoms with Crippen molar-refractivity contribution in [2.75, 3.05) is 0 Å². The van der Waals surface area contributed by atoms with Crippen molar-refractivity contribution < 1.29 is 4.74 Å². The van der Waals surface area contributed by atoms with Gasteiger partial charge in [0.05, 0.1) is 0 Å². The number of ether oxygens (including phenoxy) is 1. The molecule has 0 amide bonds. The predicted octanol–water partition coefficient (Wildman–Crippen LogP) is 2.16. The Kier molecular flexibility index (Phi) is 2.72. The lowest BCUT2D eigenvalue weighted by Crippen LogP contribution is -1.87. The van der Waals surface area contributed by atoms with Gasteiger partial charge in [0.25, 0.3) is 0 Å². The quantitative estimate of drug-likeness (QED) is 0.460. The molecule has 0 atom stereocenters. The van der Waals surface area contributed by atoms with E-state index in [1.54, 1.807) is 0 Å². The third kappa shape index (κ3) is 2.01. The SMILES string of the molecule is [CH2-][OH+]Cc1ccc(Cl)cc1. The number of rotatable bonds is 2. The van der Waals surface area contributed by atoms with Gasteiger partial charge in [-0.2, -0.15) is 0 Å². The molecular weight excluding hydrogens is 148 g/mol. The molecule has 0 unspecified atom stereocenters. The van der Waals surface area contributed by atoms with Crippen molar-refractivity contribution >= 4 is 11.6 Å². The topological polar surface area (TPSA) is 12.8 Å². The summed E-state index contributed by atoms with van der Waals surface area (Å²) in [5.74, 6) is 0. The van der Waals surface area contributed by atoms with E-state index in [2.05, 4.69) is 11.8 Å². The highest BCUT2D eigenvalue weighted by atomic mass is 35.5. The molecule has 0 aliphatic carbocycles. The minimum absolute atomic E-state index is 0.664. The van der Waals surface area contributed by atoms with Crippen LogP contribution in [0.25, 0.3) is 0 Å². The third-order valence-corrected chi connectivity index (χ3v) is 1.46. The number of halogens is 1. The molecule has 1 aromatic rings. The molecule has 0 saturated carbocycles. The van der Waals surface area contributed by atoms with Gasteiger partial charge in [0.2, 0.25) is 0 Å². The van der Waals surface area contributed by atoms with Crippen LogP contribution in [0.4, 0.5) is 0 Å². The van der Waals surface area contributed by atoms with Crippen molar-refractivity contribution in [3.05, 3.63) is 42.0 Å². The molecule has 0 aromatic heterocycles. The van der Waals surface area contributed by atoms with Crippen LogP contribution in [0.5, 0.6) is 0 Å². The van der Waals surface area contributed by atoms with Crippen LogP contribution in [0, 0.1) is 7.11 Å². The van der Waals surface area contributed by atoms with Gasteiger partial charge < -0.3 is 4.74 Å². The van der Waals surface area contributed by atoms with Crippen molar-refractivity contribution in [2.45, 2.75) is 6.61 Å². The molecule has 0 heterocycles. The lowest BCUT2D eigenvalue weighted by atomic mass is 10.2. The molecule has 0 radical (unpaired) electrons. The molecule has 1 rings (SSSR count). The average molecular weight is 157 g/mol. The first-order valence-corrected chi connectivity index (χ1v) is 3.37. The summed E-state index contributed by atoms with van der Waals surface area (Å²) in [6.07, 6.45) is 0. The van der Waals surface area contributed by atoms with Gasteiger partial charge >= 0.3 is 0 Å². The van der Waals surface area contributed by atoms with E-state index in [0.717, 1.165) is 10.6 Å². The Morgan fingerprint density at radius 2 is 1.90 bits per heavy atom. The molecule has 1 N–H and O–H groups in total. The van der Waals surface area contributed by atoms with Crippen LogP contribution < -0.4 is 0 Å². The van der Waals surface area contributed by atoms with E-state index in [-0.39, 0.29) is 0 Å². The summed E-state index contributed by atoms with van der Waals surface area (Å²) < 4.78 is 3.74. The highest BCUT2D eigenvalue weighted by Gasteiger charge is 1.90. The van der Waals surface area contributed by atoms with Gasteiger partial charge in [-0.1, -0.05) is 30.8 Å². The van der Waals surface area contributed by atoms with Crippen molar-refractivity contribution in [3.63, 3.8) is 0 Å². The summed E-state index contributed by atoms with van der Waals surface area (Å²) in [6, 6.07) is 7.58. The van der Waals surface area contributed by atoms with Crippen LogP contribution >= 0.6 is 11.6 Å². The Hall–Kier alpha value is -0.530. The molecule has 54 valence electrons. The molecule has 0 bridgehead atoms. The first-order valence-electron chi connectivity index (χ1n) is 3.00. The maximum absolute atomic E-state index is 5.67.